The number of benzene rings is 1. The van der Waals surface area contributed by atoms with Gasteiger partial charge in [0.05, 0.1) is 0 Å². The summed E-state index contributed by atoms with van der Waals surface area (Å²) in [6, 6.07) is 8.15. The van der Waals surface area contributed by atoms with Crippen LogP contribution in [0.2, 0.25) is 0 Å². The average Bonchev–Trinajstić information content (AvgIpc) is 2.17. The minimum Gasteiger partial charge on any atom is -0.558 e. The minimum atomic E-state index is 0.543. The van der Waals surface area contributed by atoms with Crippen LogP contribution in [0, 0.1) is 5.92 Å². The minimum absolute atomic E-state index is 0.543. The molecule has 0 amide bonds. The normalized spacial score (nSPS) is 14.2. The molecule has 1 aromatic carbocycles. The number of fused-ring (bicyclic) bond motifs is 1. The van der Waals surface area contributed by atoms with Gasteiger partial charge in [0.25, 0.3) is 0 Å². The van der Waals surface area contributed by atoms with Crippen molar-refractivity contribution in [2.24, 2.45) is 5.92 Å². The van der Waals surface area contributed by atoms with Crippen molar-refractivity contribution in [2.45, 2.75) is 13.8 Å². The molecule has 1 nitrogen and oxygen atoms in total. The zero-order valence-electron chi connectivity index (χ0n) is 7.95. The molecule has 0 aliphatic carbocycles. The highest BCUT2D eigenvalue weighted by Gasteiger charge is 2.15. The largest absolute Gasteiger partial charge is 0.558 e. The zero-order valence-corrected chi connectivity index (χ0v) is 7.95. The predicted molar refractivity (Wildman–Crippen MR) is 55.6 cm³/mol. The van der Waals surface area contributed by atoms with E-state index >= 15 is 0 Å². The van der Waals surface area contributed by atoms with Crippen LogP contribution in [0.5, 0.6) is 5.75 Å². The second-order valence-corrected chi connectivity index (χ2v) is 3.53. The fourth-order valence-electron chi connectivity index (χ4n) is 1.58. The summed E-state index contributed by atoms with van der Waals surface area (Å²) in [5.41, 5.74) is 2.57. The lowest BCUT2D eigenvalue weighted by Crippen LogP contribution is -2.10. The molecule has 0 fully saturated rings. The number of allylic oxidation sites excluding steroid dienone is 1. The van der Waals surface area contributed by atoms with Gasteiger partial charge >= 0.3 is 7.48 Å². The summed E-state index contributed by atoms with van der Waals surface area (Å²) in [6.45, 7) is 4.39. The Morgan fingerprint density at radius 1 is 1.23 bits per heavy atom. The van der Waals surface area contributed by atoms with Crippen LogP contribution in [0.25, 0.3) is 5.57 Å². The van der Waals surface area contributed by atoms with E-state index in [1.165, 1.54) is 11.1 Å². The standard InChI is InChI=1S/C11H12BO/c1-8(2)10-7-12-13-11-6-4-3-5-9(10)11/h3-8H,1-2H3. The van der Waals surface area contributed by atoms with E-state index < -0.39 is 0 Å². The highest BCUT2D eigenvalue weighted by atomic mass is 16.4. The third-order valence-electron chi connectivity index (χ3n) is 2.26. The van der Waals surface area contributed by atoms with Crippen LogP contribution in [0.1, 0.15) is 19.4 Å². The first-order valence-corrected chi connectivity index (χ1v) is 4.58. The molecule has 0 bridgehead atoms. The molecule has 0 saturated carbocycles. The molecule has 0 unspecified atom stereocenters. The SMILES string of the molecule is CC(C)C1=C[B]Oc2ccccc21. The van der Waals surface area contributed by atoms with Gasteiger partial charge in [-0.25, -0.2) is 0 Å². The fourth-order valence-corrected chi connectivity index (χ4v) is 1.58. The van der Waals surface area contributed by atoms with Gasteiger partial charge in [-0.2, -0.15) is 0 Å². The Labute approximate surface area is 79.7 Å². The van der Waals surface area contributed by atoms with E-state index in [-0.39, 0.29) is 0 Å². The highest BCUT2D eigenvalue weighted by Crippen LogP contribution is 2.32. The van der Waals surface area contributed by atoms with Crippen molar-refractivity contribution < 1.29 is 4.65 Å². The first kappa shape index (κ1) is 8.42. The van der Waals surface area contributed by atoms with Crippen molar-refractivity contribution >= 4 is 13.1 Å². The van der Waals surface area contributed by atoms with Gasteiger partial charge in [-0.3, -0.25) is 0 Å². The summed E-state index contributed by atoms with van der Waals surface area (Å²) in [7, 11) is 1.76. The highest BCUT2D eigenvalue weighted by molar-refractivity contribution is 6.38. The van der Waals surface area contributed by atoms with Crippen LogP contribution in [-0.2, 0) is 0 Å². The number of rotatable bonds is 1. The van der Waals surface area contributed by atoms with Crippen molar-refractivity contribution in [3.63, 3.8) is 0 Å². The third kappa shape index (κ3) is 1.49. The lowest BCUT2D eigenvalue weighted by molar-refractivity contribution is 0.595. The van der Waals surface area contributed by atoms with Crippen LogP contribution in [-0.4, -0.2) is 7.48 Å². The monoisotopic (exact) mass is 171 g/mol. The van der Waals surface area contributed by atoms with E-state index in [0.29, 0.717) is 5.92 Å². The molecule has 1 aliphatic heterocycles. The maximum absolute atomic E-state index is 5.40. The Morgan fingerprint density at radius 3 is 2.77 bits per heavy atom. The van der Waals surface area contributed by atoms with Gasteiger partial charge in [-0.05, 0) is 17.6 Å². The maximum atomic E-state index is 5.40. The van der Waals surface area contributed by atoms with Crippen molar-refractivity contribution in [2.75, 3.05) is 0 Å². The van der Waals surface area contributed by atoms with Crippen LogP contribution in [0.4, 0.5) is 0 Å². The van der Waals surface area contributed by atoms with Gasteiger partial charge in [0, 0.05) is 5.56 Å². The van der Waals surface area contributed by atoms with Crippen LogP contribution in [0.3, 0.4) is 0 Å². The maximum Gasteiger partial charge on any atom is 0.401 e. The Kier molecular flexibility index (Phi) is 2.13. The van der Waals surface area contributed by atoms with Gasteiger partial charge in [0.2, 0.25) is 0 Å². The lowest BCUT2D eigenvalue weighted by Gasteiger charge is -2.20. The van der Waals surface area contributed by atoms with Crippen LogP contribution >= 0.6 is 0 Å². The van der Waals surface area contributed by atoms with Gasteiger partial charge in [0.1, 0.15) is 5.75 Å². The smallest absolute Gasteiger partial charge is 0.401 e. The first-order chi connectivity index (χ1) is 6.29. The average molecular weight is 171 g/mol. The predicted octanol–water partition coefficient (Wildman–Crippen LogP) is 2.70. The molecule has 0 N–H and O–H groups in total. The van der Waals surface area contributed by atoms with Gasteiger partial charge in [-0.1, -0.05) is 38.0 Å². The Hall–Kier alpha value is -1.18. The lowest BCUT2D eigenvalue weighted by atomic mass is 9.83. The van der Waals surface area contributed by atoms with E-state index in [4.69, 9.17) is 4.65 Å². The topological polar surface area (TPSA) is 9.23 Å². The van der Waals surface area contributed by atoms with Gasteiger partial charge in [-0.15, -0.1) is 0 Å². The third-order valence-corrected chi connectivity index (χ3v) is 2.26. The van der Waals surface area contributed by atoms with Crippen molar-refractivity contribution in [1.82, 2.24) is 0 Å². The second kappa shape index (κ2) is 3.29. The number of hydrogen-bond acceptors (Lipinski definition) is 1. The van der Waals surface area contributed by atoms with Crippen LogP contribution < -0.4 is 4.65 Å². The van der Waals surface area contributed by atoms with E-state index in [1.807, 2.05) is 24.2 Å². The molecular weight excluding hydrogens is 159 g/mol. The van der Waals surface area contributed by atoms with E-state index in [1.54, 1.807) is 7.48 Å². The second-order valence-electron chi connectivity index (χ2n) is 3.53. The molecule has 1 aromatic rings. The molecule has 1 radical (unpaired) electrons. The molecule has 0 saturated heterocycles. The molecule has 2 heteroatoms. The molecule has 65 valence electrons. The van der Waals surface area contributed by atoms with E-state index in [9.17, 15) is 0 Å². The van der Waals surface area contributed by atoms with E-state index in [0.717, 1.165) is 5.75 Å². The fraction of sp³-hybridized carbons (Fsp3) is 0.273. The first-order valence-electron chi connectivity index (χ1n) is 4.58. The molecule has 2 rings (SSSR count). The van der Waals surface area contributed by atoms with Gasteiger partial charge < -0.3 is 4.65 Å². The summed E-state index contributed by atoms with van der Waals surface area (Å²) in [4.78, 5) is 0. The Bertz CT molecular complexity index is 342. The van der Waals surface area contributed by atoms with Crippen LogP contribution in [0.15, 0.2) is 30.2 Å². The van der Waals surface area contributed by atoms with Crippen molar-refractivity contribution in [3.8, 4) is 5.75 Å². The molecular formula is C11H12BO. The van der Waals surface area contributed by atoms with Crippen molar-refractivity contribution in [1.29, 1.82) is 0 Å². The number of hydrogen-bond donors (Lipinski definition) is 0. The number of para-hydroxylation sites is 1. The van der Waals surface area contributed by atoms with Gasteiger partial charge in [0.15, 0.2) is 0 Å². The summed E-state index contributed by atoms with van der Waals surface area (Å²) in [5, 5.41) is 0. The zero-order chi connectivity index (χ0) is 9.26. The Balaban J connectivity index is 2.47. The summed E-state index contributed by atoms with van der Waals surface area (Å²) in [6.07, 6.45) is 0. The summed E-state index contributed by atoms with van der Waals surface area (Å²) < 4.78 is 5.40. The Morgan fingerprint density at radius 2 is 2.00 bits per heavy atom. The molecule has 1 heterocycles. The van der Waals surface area contributed by atoms with Crippen molar-refractivity contribution in [3.05, 3.63) is 35.8 Å². The molecule has 0 aromatic heterocycles. The molecule has 1 aliphatic rings. The molecule has 0 atom stereocenters. The molecule has 13 heavy (non-hydrogen) atoms. The summed E-state index contributed by atoms with van der Waals surface area (Å²) in [5.74, 6) is 3.56. The molecule has 0 spiro atoms. The summed E-state index contributed by atoms with van der Waals surface area (Å²) >= 11 is 0. The van der Waals surface area contributed by atoms with E-state index in [2.05, 4.69) is 19.9 Å². The quantitative estimate of drug-likeness (QED) is 0.590.